The van der Waals surface area contributed by atoms with Crippen molar-refractivity contribution in [3.05, 3.63) is 26.7 Å². The van der Waals surface area contributed by atoms with Crippen LogP contribution in [0.15, 0.2) is 16.6 Å². The Labute approximate surface area is 136 Å². The number of carbonyl (C=O) groups excluding carboxylic acids is 1. The molecular formula is C13H15BrCl2N2O2. The smallest absolute Gasteiger partial charge is 0.260 e. The molecule has 0 atom stereocenters. The number of nitrogens with zero attached hydrogens (tertiary/aromatic N) is 2. The summed E-state index contributed by atoms with van der Waals surface area (Å²) in [5.41, 5.74) is 0. The summed E-state index contributed by atoms with van der Waals surface area (Å²) in [6.45, 7) is 3.21. The van der Waals surface area contributed by atoms with Crippen molar-refractivity contribution in [3.63, 3.8) is 0 Å². The minimum atomic E-state index is -0.0315. The Bertz CT molecular complexity index is 482. The highest BCUT2D eigenvalue weighted by molar-refractivity contribution is 9.10. The fourth-order valence-electron chi connectivity index (χ4n) is 1.95. The molecule has 4 nitrogen and oxygen atoms in total. The molecule has 0 aliphatic carbocycles. The molecule has 1 heterocycles. The molecule has 7 heteroatoms. The Hall–Kier alpha value is -0.490. The van der Waals surface area contributed by atoms with Crippen molar-refractivity contribution in [2.75, 3.05) is 39.8 Å². The zero-order valence-corrected chi connectivity index (χ0v) is 14.1. The normalized spacial score (nSPS) is 16.3. The Morgan fingerprint density at radius 1 is 1.30 bits per heavy atom. The maximum absolute atomic E-state index is 12.1. The summed E-state index contributed by atoms with van der Waals surface area (Å²) in [5, 5.41) is 0.898. The van der Waals surface area contributed by atoms with Crippen LogP contribution < -0.4 is 4.74 Å². The Morgan fingerprint density at radius 3 is 2.55 bits per heavy atom. The molecule has 1 aliphatic heterocycles. The van der Waals surface area contributed by atoms with Gasteiger partial charge in [0.1, 0.15) is 0 Å². The number of piperazine rings is 1. The van der Waals surface area contributed by atoms with E-state index in [4.69, 9.17) is 27.9 Å². The molecule has 0 spiro atoms. The first-order valence-electron chi connectivity index (χ1n) is 6.21. The predicted molar refractivity (Wildman–Crippen MR) is 83.7 cm³/mol. The van der Waals surface area contributed by atoms with Gasteiger partial charge in [0.2, 0.25) is 0 Å². The third-order valence-corrected chi connectivity index (χ3v) is 4.25. The van der Waals surface area contributed by atoms with Crippen molar-refractivity contribution < 1.29 is 9.53 Å². The number of amides is 1. The number of benzene rings is 1. The molecule has 0 radical (unpaired) electrons. The van der Waals surface area contributed by atoms with Crippen LogP contribution in [0.3, 0.4) is 0 Å². The lowest BCUT2D eigenvalue weighted by atomic mass is 10.3. The second kappa shape index (κ2) is 6.98. The lowest BCUT2D eigenvalue weighted by molar-refractivity contribution is -0.134. The summed E-state index contributed by atoms with van der Waals surface area (Å²) in [7, 11) is 2.04. The van der Waals surface area contributed by atoms with E-state index < -0.39 is 0 Å². The fourth-order valence-corrected chi connectivity index (χ4v) is 3.32. The third kappa shape index (κ3) is 4.01. The molecule has 1 aromatic rings. The van der Waals surface area contributed by atoms with Crippen LogP contribution >= 0.6 is 39.1 Å². The minimum absolute atomic E-state index is 0.0241. The molecule has 0 N–H and O–H groups in total. The zero-order valence-electron chi connectivity index (χ0n) is 11.0. The molecule has 1 aliphatic rings. The first-order valence-corrected chi connectivity index (χ1v) is 7.76. The van der Waals surface area contributed by atoms with Crippen LogP contribution in [0.4, 0.5) is 0 Å². The fraction of sp³-hybridized carbons (Fsp3) is 0.462. The van der Waals surface area contributed by atoms with Crippen molar-refractivity contribution >= 4 is 45.0 Å². The molecule has 2 rings (SSSR count). The highest BCUT2D eigenvalue weighted by atomic mass is 79.9. The van der Waals surface area contributed by atoms with E-state index in [1.54, 1.807) is 17.0 Å². The average Bonchev–Trinajstić information content (AvgIpc) is 2.38. The number of hydrogen-bond acceptors (Lipinski definition) is 3. The van der Waals surface area contributed by atoms with Gasteiger partial charge in [-0.2, -0.15) is 0 Å². The van der Waals surface area contributed by atoms with Gasteiger partial charge in [-0.15, -0.1) is 0 Å². The molecule has 110 valence electrons. The second-order valence-electron chi connectivity index (χ2n) is 4.67. The van der Waals surface area contributed by atoms with Crippen LogP contribution in [0.1, 0.15) is 0 Å². The number of likely N-dealkylation sites (N-methyl/N-ethyl adjacent to an activating group) is 1. The second-order valence-corrected chi connectivity index (χ2v) is 6.37. The SMILES string of the molecule is CN1CCN(C(=O)COc2c(Cl)cc(Cl)cc2Br)CC1. The number of hydrogen-bond donors (Lipinski definition) is 0. The minimum Gasteiger partial charge on any atom is -0.481 e. The molecule has 0 bridgehead atoms. The lowest BCUT2D eigenvalue weighted by Crippen LogP contribution is -2.48. The van der Waals surface area contributed by atoms with Gasteiger partial charge in [-0.25, -0.2) is 0 Å². The molecule has 0 saturated carbocycles. The van der Waals surface area contributed by atoms with E-state index in [9.17, 15) is 4.79 Å². The first kappa shape index (κ1) is 15.9. The standard InChI is InChI=1S/C13H15BrCl2N2O2/c1-17-2-4-18(5-3-17)12(19)8-20-13-10(14)6-9(15)7-11(13)16/h6-7H,2-5,8H2,1H3. The predicted octanol–water partition coefficient (Wildman–Crippen LogP) is 2.91. The van der Waals surface area contributed by atoms with Crippen molar-refractivity contribution in [2.45, 2.75) is 0 Å². The summed E-state index contributed by atoms with van der Waals surface area (Å²) in [5.74, 6) is 0.412. The van der Waals surface area contributed by atoms with Crippen LogP contribution in [-0.2, 0) is 4.79 Å². The summed E-state index contributed by atoms with van der Waals surface area (Å²) >= 11 is 15.2. The molecule has 0 aromatic heterocycles. The maximum Gasteiger partial charge on any atom is 0.260 e. The highest BCUT2D eigenvalue weighted by Crippen LogP contribution is 2.36. The van der Waals surface area contributed by atoms with Gasteiger partial charge in [0, 0.05) is 31.2 Å². The summed E-state index contributed by atoms with van der Waals surface area (Å²) in [6, 6.07) is 3.27. The van der Waals surface area contributed by atoms with Gasteiger partial charge in [-0.05, 0) is 35.1 Å². The van der Waals surface area contributed by atoms with E-state index in [1.165, 1.54) is 0 Å². The van der Waals surface area contributed by atoms with Gasteiger partial charge in [-0.1, -0.05) is 23.2 Å². The van der Waals surface area contributed by atoms with E-state index >= 15 is 0 Å². The monoisotopic (exact) mass is 380 g/mol. The number of carbonyl (C=O) groups is 1. The van der Waals surface area contributed by atoms with Gasteiger partial charge in [0.15, 0.2) is 12.4 Å². The van der Waals surface area contributed by atoms with Crippen LogP contribution in [0.2, 0.25) is 10.0 Å². The van der Waals surface area contributed by atoms with E-state index in [-0.39, 0.29) is 12.5 Å². The highest BCUT2D eigenvalue weighted by Gasteiger charge is 2.20. The van der Waals surface area contributed by atoms with Gasteiger partial charge in [-0.3, -0.25) is 4.79 Å². The van der Waals surface area contributed by atoms with E-state index in [1.807, 2.05) is 7.05 Å². The van der Waals surface area contributed by atoms with Crippen molar-refractivity contribution in [3.8, 4) is 5.75 Å². The maximum atomic E-state index is 12.1. The molecular weight excluding hydrogens is 367 g/mol. The quantitative estimate of drug-likeness (QED) is 0.806. The molecule has 1 fully saturated rings. The summed E-state index contributed by atoms with van der Waals surface area (Å²) in [4.78, 5) is 16.1. The van der Waals surface area contributed by atoms with E-state index in [2.05, 4.69) is 20.8 Å². The van der Waals surface area contributed by atoms with Crippen molar-refractivity contribution in [2.24, 2.45) is 0 Å². The lowest BCUT2D eigenvalue weighted by Gasteiger charge is -2.32. The third-order valence-electron chi connectivity index (χ3n) is 3.16. The largest absolute Gasteiger partial charge is 0.481 e. The zero-order chi connectivity index (χ0) is 14.7. The number of rotatable bonds is 3. The van der Waals surface area contributed by atoms with Crippen LogP contribution in [0.5, 0.6) is 5.75 Å². The molecule has 1 aromatic carbocycles. The van der Waals surface area contributed by atoms with Gasteiger partial charge in [0.05, 0.1) is 9.50 Å². The van der Waals surface area contributed by atoms with Gasteiger partial charge in [0.25, 0.3) is 5.91 Å². The number of ether oxygens (including phenoxy) is 1. The van der Waals surface area contributed by atoms with Crippen LogP contribution in [0, 0.1) is 0 Å². The topological polar surface area (TPSA) is 32.8 Å². The average molecular weight is 382 g/mol. The molecule has 0 unspecified atom stereocenters. The van der Waals surface area contributed by atoms with E-state index in [0.717, 1.165) is 26.2 Å². The van der Waals surface area contributed by atoms with E-state index in [0.29, 0.717) is 20.3 Å². The Balaban J connectivity index is 1.94. The summed E-state index contributed by atoms with van der Waals surface area (Å²) < 4.78 is 6.16. The van der Waals surface area contributed by atoms with Crippen molar-refractivity contribution in [1.82, 2.24) is 9.80 Å². The van der Waals surface area contributed by atoms with Crippen LogP contribution in [0.25, 0.3) is 0 Å². The van der Waals surface area contributed by atoms with Gasteiger partial charge >= 0.3 is 0 Å². The Morgan fingerprint density at radius 2 is 1.95 bits per heavy atom. The molecule has 20 heavy (non-hydrogen) atoms. The van der Waals surface area contributed by atoms with Gasteiger partial charge < -0.3 is 14.5 Å². The number of halogens is 3. The molecule has 1 amide bonds. The summed E-state index contributed by atoms with van der Waals surface area (Å²) in [6.07, 6.45) is 0. The molecule has 1 saturated heterocycles. The van der Waals surface area contributed by atoms with Crippen LogP contribution in [-0.4, -0.2) is 55.5 Å². The van der Waals surface area contributed by atoms with Crippen molar-refractivity contribution in [1.29, 1.82) is 0 Å². The Kier molecular flexibility index (Phi) is 5.55. The first-order chi connectivity index (χ1) is 9.47.